The molecule has 5 nitrogen and oxygen atoms in total. The number of ether oxygens (including phenoxy) is 1. The second kappa shape index (κ2) is 6.72. The smallest absolute Gasteiger partial charge is 0.309 e. The number of aryl methyl sites for hydroxylation is 1. The highest BCUT2D eigenvalue weighted by atomic mass is 16.5. The Morgan fingerprint density at radius 1 is 1.38 bits per heavy atom. The third-order valence-electron chi connectivity index (χ3n) is 4.01. The van der Waals surface area contributed by atoms with Crippen molar-refractivity contribution in [2.45, 2.75) is 25.8 Å². The molecule has 1 N–H and O–H groups in total. The van der Waals surface area contributed by atoms with Crippen LogP contribution in [0.2, 0.25) is 0 Å². The number of carboxylic acids is 1. The van der Waals surface area contributed by atoms with E-state index >= 15 is 0 Å². The van der Waals surface area contributed by atoms with Crippen LogP contribution in [0.5, 0.6) is 0 Å². The molecule has 2 rings (SSSR count). The quantitative estimate of drug-likeness (QED) is 0.869. The van der Waals surface area contributed by atoms with E-state index in [4.69, 9.17) is 4.74 Å². The highest BCUT2D eigenvalue weighted by Crippen LogP contribution is 2.38. The van der Waals surface area contributed by atoms with Crippen molar-refractivity contribution in [2.75, 3.05) is 20.3 Å². The molecule has 114 valence electrons. The van der Waals surface area contributed by atoms with Crippen LogP contribution in [0.25, 0.3) is 0 Å². The summed E-state index contributed by atoms with van der Waals surface area (Å²) in [5, 5.41) is 9.40. The summed E-state index contributed by atoms with van der Waals surface area (Å²) in [5.74, 6) is -1.74. The largest absolute Gasteiger partial charge is 0.481 e. The van der Waals surface area contributed by atoms with E-state index < -0.39 is 17.9 Å². The summed E-state index contributed by atoms with van der Waals surface area (Å²) in [4.78, 5) is 25.2. The number of carbonyl (C=O) groups is 2. The number of aliphatic carboxylic acids is 1. The molecule has 1 aromatic rings. The van der Waals surface area contributed by atoms with Crippen molar-refractivity contribution >= 4 is 11.9 Å². The molecule has 1 saturated heterocycles. The molecule has 0 saturated carbocycles. The Morgan fingerprint density at radius 3 is 2.57 bits per heavy atom. The molecule has 0 aliphatic carbocycles. The first-order chi connectivity index (χ1) is 10.1. The molecule has 2 atom stereocenters. The first kappa shape index (κ1) is 15.5. The van der Waals surface area contributed by atoms with E-state index in [2.05, 4.69) is 6.92 Å². The summed E-state index contributed by atoms with van der Waals surface area (Å²) in [7, 11) is 1.57. The fourth-order valence-electron chi connectivity index (χ4n) is 2.83. The molecule has 0 spiro atoms. The number of rotatable bonds is 6. The first-order valence-corrected chi connectivity index (χ1v) is 7.18. The minimum absolute atomic E-state index is 0.0548. The Morgan fingerprint density at radius 2 is 2.05 bits per heavy atom. The summed E-state index contributed by atoms with van der Waals surface area (Å²) in [5.41, 5.74) is 2.07. The molecule has 1 heterocycles. The van der Waals surface area contributed by atoms with Crippen molar-refractivity contribution in [3.05, 3.63) is 35.4 Å². The number of hydrogen-bond acceptors (Lipinski definition) is 3. The van der Waals surface area contributed by atoms with E-state index in [0.717, 1.165) is 12.0 Å². The third kappa shape index (κ3) is 3.24. The normalized spacial score (nSPS) is 21.8. The van der Waals surface area contributed by atoms with Crippen molar-refractivity contribution in [3.8, 4) is 0 Å². The number of likely N-dealkylation sites (tertiary alicyclic amines) is 1. The van der Waals surface area contributed by atoms with Crippen molar-refractivity contribution < 1.29 is 19.4 Å². The third-order valence-corrected chi connectivity index (χ3v) is 4.01. The van der Waals surface area contributed by atoms with Crippen molar-refractivity contribution in [2.24, 2.45) is 5.92 Å². The van der Waals surface area contributed by atoms with Crippen molar-refractivity contribution in [1.29, 1.82) is 0 Å². The maximum Gasteiger partial charge on any atom is 0.309 e. The summed E-state index contributed by atoms with van der Waals surface area (Å²) < 4.78 is 5.03. The van der Waals surface area contributed by atoms with Crippen molar-refractivity contribution in [3.63, 3.8) is 0 Å². The second-order valence-corrected chi connectivity index (χ2v) is 5.27. The standard InChI is InChI=1S/C16H21NO4/c1-3-11-4-6-12(7-5-11)15-13(16(19)20)10-14(18)17(15)8-9-21-2/h4-7,13,15H,3,8-10H2,1-2H3,(H,19,20). The molecule has 1 aliphatic rings. The molecule has 0 radical (unpaired) electrons. The van der Waals surface area contributed by atoms with E-state index in [-0.39, 0.29) is 12.3 Å². The number of hydrogen-bond donors (Lipinski definition) is 1. The lowest BCUT2D eigenvalue weighted by Gasteiger charge is -2.27. The van der Waals surface area contributed by atoms with Crippen LogP contribution >= 0.6 is 0 Å². The summed E-state index contributed by atoms with van der Waals surface area (Å²) >= 11 is 0. The number of carboxylic acid groups (broad SMARTS) is 1. The Labute approximate surface area is 124 Å². The zero-order valence-corrected chi connectivity index (χ0v) is 12.4. The fourth-order valence-corrected chi connectivity index (χ4v) is 2.83. The van der Waals surface area contributed by atoms with Gasteiger partial charge in [-0.05, 0) is 17.5 Å². The Hall–Kier alpha value is -1.88. The van der Waals surface area contributed by atoms with Gasteiger partial charge in [-0.15, -0.1) is 0 Å². The van der Waals surface area contributed by atoms with Gasteiger partial charge in [0.05, 0.1) is 18.6 Å². The Balaban J connectivity index is 2.31. The average Bonchev–Trinajstić information content (AvgIpc) is 2.82. The minimum Gasteiger partial charge on any atom is -0.481 e. The lowest BCUT2D eigenvalue weighted by molar-refractivity contribution is -0.142. The zero-order valence-electron chi connectivity index (χ0n) is 12.4. The maximum absolute atomic E-state index is 12.1. The van der Waals surface area contributed by atoms with Crippen LogP contribution in [0.3, 0.4) is 0 Å². The topological polar surface area (TPSA) is 66.8 Å². The lowest BCUT2D eigenvalue weighted by Crippen LogP contribution is -2.33. The molecular formula is C16H21NO4. The molecule has 0 aromatic heterocycles. The van der Waals surface area contributed by atoms with E-state index in [1.165, 1.54) is 5.56 Å². The zero-order chi connectivity index (χ0) is 15.4. The predicted molar refractivity (Wildman–Crippen MR) is 77.9 cm³/mol. The van der Waals surface area contributed by atoms with Crippen LogP contribution in [-0.2, 0) is 20.7 Å². The number of amides is 1. The van der Waals surface area contributed by atoms with Gasteiger partial charge in [-0.1, -0.05) is 31.2 Å². The summed E-state index contributed by atoms with van der Waals surface area (Å²) in [6.45, 7) is 2.89. The Kier molecular flexibility index (Phi) is 4.96. The van der Waals surface area contributed by atoms with Gasteiger partial charge in [-0.2, -0.15) is 0 Å². The molecule has 1 fully saturated rings. The van der Waals surface area contributed by atoms with Crippen LogP contribution < -0.4 is 0 Å². The summed E-state index contributed by atoms with van der Waals surface area (Å²) in [6.07, 6.45) is 0.985. The van der Waals surface area contributed by atoms with Crippen LogP contribution in [0.15, 0.2) is 24.3 Å². The van der Waals surface area contributed by atoms with Gasteiger partial charge in [0, 0.05) is 20.1 Å². The van der Waals surface area contributed by atoms with Crippen molar-refractivity contribution in [1.82, 2.24) is 4.90 Å². The maximum atomic E-state index is 12.1. The minimum atomic E-state index is -0.923. The van der Waals surface area contributed by atoms with E-state index in [1.54, 1.807) is 12.0 Å². The highest BCUT2D eigenvalue weighted by molar-refractivity contribution is 5.87. The van der Waals surface area contributed by atoms with Gasteiger partial charge in [0.1, 0.15) is 0 Å². The molecule has 1 amide bonds. The van der Waals surface area contributed by atoms with Gasteiger partial charge < -0.3 is 14.7 Å². The molecule has 1 aliphatic heterocycles. The summed E-state index contributed by atoms with van der Waals surface area (Å²) in [6, 6.07) is 7.43. The van der Waals surface area contributed by atoms with Crippen LogP contribution in [0.1, 0.15) is 30.5 Å². The van der Waals surface area contributed by atoms with Crippen LogP contribution in [0, 0.1) is 5.92 Å². The number of nitrogens with zero attached hydrogens (tertiary/aromatic N) is 1. The molecular weight excluding hydrogens is 270 g/mol. The highest BCUT2D eigenvalue weighted by Gasteiger charge is 2.44. The monoisotopic (exact) mass is 291 g/mol. The van der Waals surface area contributed by atoms with Gasteiger partial charge in [-0.25, -0.2) is 0 Å². The molecule has 5 heteroatoms. The number of methoxy groups -OCH3 is 1. The molecule has 2 unspecified atom stereocenters. The molecule has 0 bridgehead atoms. The van der Waals surface area contributed by atoms with E-state index in [0.29, 0.717) is 13.2 Å². The number of benzene rings is 1. The lowest BCUT2D eigenvalue weighted by atomic mass is 9.93. The van der Waals surface area contributed by atoms with Crippen LogP contribution in [0.4, 0.5) is 0 Å². The SMILES string of the molecule is CCc1ccc(C2C(C(=O)O)CC(=O)N2CCOC)cc1. The van der Waals surface area contributed by atoms with E-state index in [9.17, 15) is 14.7 Å². The molecule has 1 aromatic carbocycles. The van der Waals surface area contributed by atoms with E-state index in [1.807, 2.05) is 24.3 Å². The second-order valence-electron chi connectivity index (χ2n) is 5.27. The van der Waals surface area contributed by atoms with Gasteiger partial charge in [0.25, 0.3) is 0 Å². The molecule has 21 heavy (non-hydrogen) atoms. The first-order valence-electron chi connectivity index (χ1n) is 7.18. The van der Waals surface area contributed by atoms with Gasteiger partial charge in [0.2, 0.25) is 5.91 Å². The average molecular weight is 291 g/mol. The van der Waals surface area contributed by atoms with Gasteiger partial charge >= 0.3 is 5.97 Å². The van der Waals surface area contributed by atoms with Crippen LogP contribution in [-0.4, -0.2) is 42.1 Å². The Bertz CT molecular complexity index is 512. The number of carbonyl (C=O) groups excluding carboxylic acids is 1. The predicted octanol–water partition coefficient (Wildman–Crippen LogP) is 1.87. The van der Waals surface area contributed by atoms with Gasteiger partial charge in [-0.3, -0.25) is 9.59 Å². The fraction of sp³-hybridized carbons (Fsp3) is 0.500. The van der Waals surface area contributed by atoms with Gasteiger partial charge in [0.15, 0.2) is 0 Å².